The molecule has 0 aliphatic carbocycles. The molecule has 0 aliphatic heterocycles. The summed E-state index contributed by atoms with van der Waals surface area (Å²) in [6.45, 7) is 15.2. The van der Waals surface area contributed by atoms with Crippen molar-refractivity contribution in [2.75, 3.05) is 13.1 Å². The van der Waals surface area contributed by atoms with Gasteiger partial charge in [-0.1, -0.05) is 49.6 Å². The van der Waals surface area contributed by atoms with Gasteiger partial charge >= 0.3 is 6.09 Å². The maximum atomic E-state index is 13.4. The number of hydrogen-bond donors (Lipinski definition) is 2. The Balaban J connectivity index is 3.21. The molecule has 0 aliphatic rings. The van der Waals surface area contributed by atoms with Gasteiger partial charge in [0.2, 0.25) is 11.8 Å². The summed E-state index contributed by atoms with van der Waals surface area (Å²) < 4.78 is 5.24. The quantitative estimate of drug-likeness (QED) is 0.546. The van der Waals surface area contributed by atoms with Crippen molar-refractivity contribution in [1.29, 1.82) is 0 Å². The normalized spacial score (nSPS) is 12.6. The standard InChI is InChI=1S/C25H41N3O4/c1-9-10-11-15-28(20(29)17-26-23(31)32-25(6,7)8)21(22(30)27-24(3,4)5)19-14-12-13-18(2)16-19/h12-14,16,21H,9-11,15,17H2,1-8H3,(H,26,31)(H,27,30). The molecule has 0 heterocycles. The number of amides is 3. The Hall–Kier alpha value is -2.57. The Morgan fingerprint density at radius 2 is 1.72 bits per heavy atom. The van der Waals surface area contributed by atoms with E-state index in [-0.39, 0.29) is 18.4 Å². The monoisotopic (exact) mass is 447 g/mol. The Bertz CT molecular complexity index is 778. The fourth-order valence-electron chi connectivity index (χ4n) is 3.24. The summed E-state index contributed by atoms with van der Waals surface area (Å²) in [5.41, 5.74) is 0.634. The SMILES string of the molecule is CCCCCN(C(=O)CNC(=O)OC(C)(C)C)C(C(=O)NC(C)(C)C)c1cccc(C)c1. The van der Waals surface area contributed by atoms with Crippen LogP contribution in [0.25, 0.3) is 0 Å². The highest BCUT2D eigenvalue weighted by molar-refractivity contribution is 5.90. The highest BCUT2D eigenvalue weighted by Gasteiger charge is 2.33. The molecule has 7 heteroatoms. The maximum Gasteiger partial charge on any atom is 0.408 e. The summed E-state index contributed by atoms with van der Waals surface area (Å²) >= 11 is 0. The van der Waals surface area contributed by atoms with Crippen LogP contribution in [0.3, 0.4) is 0 Å². The van der Waals surface area contributed by atoms with Crippen molar-refractivity contribution in [1.82, 2.24) is 15.5 Å². The van der Waals surface area contributed by atoms with E-state index >= 15 is 0 Å². The number of aryl methyl sites for hydroxylation is 1. The zero-order valence-corrected chi connectivity index (χ0v) is 21.0. The van der Waals surface area contributed by atoms with Crippen molar-refractivity contribution in [3.05, 3.63) is 35.4 Å². The molecule has 1 aromatic carbocycles. The summed E-state index contributed by atoms with van der Waals surface area (Å²) in [5, 5.41) is 5.54. The van der Waals surface area contributed by atoms with Crippen molar-refractivity contribution in [3.8, 4) is 0 Å². The Kier molecular flexibility index (Phi) is 10.2. The fourth-order valence-corrected chi connectivity index (χ4v) is 3.24. The van der Waals surface area contributed by atoms with Gasteiger partial charge in [0.05, 0.1) is 0 Å². The molecule has 32 heavy (non-hydrogen) atoms. The third kappa shape index (κ3) is 10.2. The number of nitrogens with one attached hydrogen (secondary N) is 2. The second kappa shape index (κ2) is 11.9. The molecular formula is C25H41N3O4. The highest BCUT2D eigenvalue weighted by atomic mass is 16.6. The third-order valence-corrected chi connectivity index (χ3v) is 4.52. The minimum atomic E-state index is -0.793. The number of hydrogen-bond acceptors (Lipinski definition) is 4. The molecule has 0 spiro atoms. The minimum Gasteiger partial charge on any atom is -0.444 e. The zero-order chi connectivity index (χ0) is 24.5. The summed E-state index contributed by atoms with van der Waals surface area (Å²) in [6.07, 6.45) is 2.03. The number of ether oxygens (including phenoxy) is 1. The number of rotatable bonds is 9. The topological polar surface area (TPSA) is 87.7 Å². The van der Waals surface area contributed by atoms with E-state index < -0.39 is 23.3 Å². The van der Waals surface area contributed by atoms with E-state index in [9.17, 15) is 14.4 Å². The molecule has 1 unspecified atom stereocenters. The van der Waals surface area contributed by atoms with Gasteiger partial charge in [0.1, 0.15) is 18.2 Å². The molecule has 0 saturated heterocycles. The average molecular weight is 448 g/mol. The van der Waals surface area contributed by atoms with Gasteiger partial charge in [0.25, 0.3) is 0 Å². The van der Waals surface area contributed by atoms with E-state index in [0.717, 1.165) is 30.4 Å². The number of alkyl carbamates (subject to hydrolysis) is 1. The molecule has 180 valence electrons. The number of carbonyl (C=O) groups excluding carboxylic acids is 3. The summed E-state index contributed by atoms with van der Waals surface area (Å²) in [4.78, 5) is 40.3. The van der Waals surface area contributed by atoms with Gasteiger partial charge < -0.3 is 20.3 Å². The van der Waals surface area contributed by atoms with Crippen LogP contribution in [0.4, 0.5) is 4.79 Å². The average Bonchev–Trinajstić information content (AvgIpc) is 2.62. The van der Waals surface area contributed by atoms with Gasteiger partial charge in [-0.05, 0) is 60.5 Å². The minimum absolute atomic E-state index is 0.244. The number of benzene rings is 1. The summed E-state index contributed by atoms with van der Waals surface area (Å²) in [6, 6.07) is 6.83. The summed E-state index contributed by atoms with van der Waals surface area (Å²) in [7, 11) is 0. The predicted octanol–water partition coefficient (Wildman–Crippen LogP) is 4.49. The first-order chi connectivity index (χ1) is 14.7. The van der Waals surface area contributed by atoms with Crippen molar-refractivity contribution in [2.24, 2.45) is 0 Å². The van der Waals surface area contributed by atoms with Crippen LogP contribution in [0.15, 0.2) is 24.3 Å². The van der Waals surface area contributed by atoms with Gasteiger partial charge in [-0.2, -0.15) is 0 Å². The van der Waals surface area contributed by atoms with Crippen molar-refractivity contribution >= 4 is 17.9 Å². The Labute approximate surface area is 193 Å². The lowest BCUT2D eigenvalue weighted by atomic mass is 9.99. The van der Waals surface area contributed by atoms with Gasteiger partial charge in [-0.15, -0.1) is 0 Å². The van der Waals surface area contributed by atoms with Gasteiger partial charge in [-0.25, -0.2) is 4.79 Å². The molecule has 0 bridgehead atoms. The summed E-state index contributed by atoms with van der Waals surface area (Å²) in [5.74, 6) is -0.576. The second-order valence-electron chi connectivity index (χ2n) is 10.2. The van der Waals surface area contributed by atoms with Crippen LogP contribution >= 0.6 is 0 Å². The second-order valence-corrected chi connectivity index (χ2v) is 10.2. The molecule has 3 amide bonds. The van der Waals surface area contributed by atoms with Crippen molar-refractivity contribution < 1.29 is 19.1 Å². The molecule has 0 saturated carbocycles. The molecule has 1 atom stereocenters. The number of nitrogens with zero attached hydrogens (tertiary/aromatic N) is 1. The van der Waals surface area contributed by atoms with Crippen LogP contribution in [-0.4, -0.2) is 47.0 Å². The van der Waals surface area contributed by atoms with E-state index in [2.05, 4.69) is 17.6 Å². The first-order valence-corrected chi connectivity index (χ1v) is 11.4. The van der Waals surface area contributed by atoms with Gasteiger partial charge in [-0.3, -0.25) is 9.59 Å². The van der Waals surface area contributed by atoms with E-state index in [1.54, 1.807) is 25.7 Å². The van der Waals surface area contributed by atoms with Crippen molar-refractivity contribution in [2.45, 2.75) is 91.8 Å². The molecule has 1 aromatic rings. The molecule has 1 rings (SSSR count). The van der Waals surface area contributed by atoms with Crippen LogP contribution in [0.2, 0.25) is 0 Å². The largest absolute Gasteiger partial charge is 0.444 e. The van der Waals surface area contributed by atoms with Crippen LogP contribution in [0.5, 0.6) is 0 Å². The lowest BCUT2D eigenvalue weighted by Gasteiger charge is -2.34. The molecule has 2 N–H and O–H groups in total. The van der Waals surface area contributed by atoms with Crippen LogP contribution in [-0.2, 0) is 14.3 Å². The number of unbranched alkanes of at least 4 members (excludes halogenated alkanes) is 2. The molecule has 0 fully saturated rings. The molecular weight excluding hydrogens is 406 g/mol. The first kappa shape index (κ1) is 27.5. The lowest BCUT2D eigenvalue weighted by molar-refractivity contribution is -0.141. The molecule has 7 nitrogen and oxygen atoms in total. The fraction of sp³-hybridized carbons (Fsp3) is 0.640. The van der Waals surface area contributed by atoms with E-state index in [4.69, 9.17) is 4.74 Å². The van der Waals surface area contributed by atoms with E-state index in [1.165, 1.54) is 0 Å². The molecule has 0 radical (unpaired) electrons. The number of carbonyl (C=O) groups is 3. The van der Waals surface area contributed by atoms with Crippen LogP contribution < -0.4 is 10.6 Å². The smallest absolute Gasteiger partial charge is 0.408 e. The first-order valence-electron chi connectivity index (χ1n) is 11.4. The zero-order valence-electron chi connectivity index (χ0n) is 21.0. The van der Waals surface area contributed by atoms with Crippen LogP contribution in [0.1, 0.15) is 84.9 Å². The lowest BCUT2D eigenvalue weighted by Crippen LogP contribution is -2.51. The highest BCUT2D eigenvalue weighted by Crippen LogP contribution is 2.24. The predicted molar refractivity (Wildman–Crippen MR) is 127 cm³/mol. The van der Waals surface area contributed by atoms with Gasteiger partial charge in [0.15, 0.2) is 0 Å². The van der Waals surface area contributed by atoms with Gasteiger partial charge in [0, 0.05) is 12.1 Å². The third-order valence-electron chi connectivity index (χ3n) is 4.52. The van der Waals surface area contributed by atoms with E-state index in [0.29, 0.717) is 6.54 Å². The maximum absolute atomic E-state index is 13.4. The van der Waals surface area contributed by atoms with E-state index in [1.807, 2.05) is 52.0 Å². The Morgan fingerprint density at radius 3 is 2.25 bits per heavy atom. The van der Waals surface area contributed by atoms with Crippen molar-refractivity contribution in [3.63, 3.8) is 0 Å². The Morgan fingerprint density at radius 1 is 1.06 bits per heavy atom. The van der Waals surface area contributed by atoms with Crippen LogP contribution in [0, 0.1) is 6.92 Å². The molecule has 0 aromatic heterocycles.